The van der Waals surface area contributed by atoms with Crippen LogP contribution in [0.15, 0.2) is 10.6 Å². The van der Waals surface area contributed by atoms with Gasteiger partial charge in [0.2, 0.25) is 0 Å². The van der Waals surface area contributed by atoms with Crippen molar-refractivity contribution in [3.05, 3.63) is 17.5 Å². The Morgan fingerprint density at radius 2 is 2.10 bits per heavy atom. The maximum Gasteiger partial charge on any atom is 0.329 e. The summed E-state index contributed by atoms with van der Waals surface area (Å²) in [6.07, 6.45) is 1.14. The van der Waals surface area contributed by atoms with E-state index in [1.807, 2.05) is 20.8 Å². The molecule has 0 saturated carbocycles. The van der Waals surface area contributed by atoms with E-state index in [2.05, 4.69) is 5.16 Å². The molecule has 6 heteroatoms. The molecule has 1 unspecified atom stereocenters. The van der Waals surface area contributed by atoms with Crippen LogP contribution < -0.4 is 0 Å². The summed E-state index contributed by atoms with van der Waals surface area (Å²) in [5.41, 5.74) is -1.23. The smallest absolute Gasteiger partial charge is 0.329 e. The van der Waals surface area contributed by atoms with Crippen molar-refractivity contribution in [2.75, 3.05) is 6.54 Å². The second-order valence-corrected chi connectivity index (χ2v) is 6.47. The van der Waals surface area contributed by atoms with E-state index >= 15 is 0 Å². The molecular weight excluding hydrogens is 260 g/mol. The van der Waals surface area contributed by atoms with E-state index in [0.717, 1.165) is 0 Å². The first-order chi connectivity index (χ1) is 9.16. The number of hydrogen-bond donors (Lipinski definition) is 1. The number of carbonyl (C=O) groups excluding carboxylic acids is 1. The molecule has 6 nitrogen and oxygen atoms in total. The van der Waals surface area contributed by atoms with E-state index in [4.69, 9.17) is 4.52 Å². The Morgan fingerprint density at radius 1 is 1.45 bits per heavy atom. The van der Waals surface area contributed by atoms with E-state index in [9.17, 15) is 14.7 Å². The molecule has 0 aromatic carbocycles. The van der Waals surface area contributed by atoms with Crippen LogP contribution in [0.3, 0.4) is 0 Å². The van der Waals surface area contributed by atoms with E-state index in [1.165, 1.54) is 4.90 Å². The highest BCUT2D eigenvalue weighted by Crippen LogP contribution is 2.31. The molecule has 1 N–H and O–H groups in total. The molecule has 1 aromatic heterocycles. The van der Waals surface area contributed by atoms with Crippen molar-refractivity contribution in [3.63, 3.8) is 0 Å². The first-order valence-corrected chi connectivity index (χ1v) is 6.69. The van der Waals surface area contributed by atoms with Crippen molar-refractivity contribution in [1.82, 2.24) is 10.1 Å². The van der Waals surface area contributed by atoms with E-state index in [0.29, 0.717) is 25.1 Å². The third kappa shape index (κ3) is 2.30. The van der Waals surface area contributed by atoms with Crippen LogP contribution in [-0.2, 0) is 10.2 Å². The van der Waals surface area contributed by atoms with Crippen LogP contribution in [-0.4, -0.2) is 39.1 Å². The van der Waals surface area contributed by atoms with Gasteiger partial charge in [-0.25, -0.2) is 4.79 Å². The number of hydrogen-bond acceptors (Lipinski definition) is 4. The summed E-state index contributed by atoms with van der Waals surface area (Å²) in [4.78, 5) is 25.2. The second kappa shape index (κ2) is 4.61. The summed E-state index contributed by atoms with van der Waals surface area (Å²) < 4.78 is 5.19. The quantitative estimate of drug-likeness (QED) is 0.896. The van der Waals surface area contributed by atoms with Gasteiger partial charge in [-0.15, -0.1) is 0 Å². The number of amides is 1. The fraction of sp³-hybridized carbons (Fsp3) is 0.643. The number of rotatable bonds is 2. The van der Waals surface area contributed by atoms with Gasteiger partial charge in [0, 0.05) is 18.0 Å². The van der Waals surface area contributed by atoms with Crippen molar-refractivity contribution >= 4 is 11.9 Å². The summed E-state index contributed by atoms with van der Waals surface area (Å²) >= 11 is 0. The average Bonchev–Trinajstić information content (AvgIpc) is 2.94. The molecule has 0 spiro atoms. The molecule has 1 saturated heterocycles. The highest BCUT2D eigenvalue weighted by Gasteiger charge is 2.46. The molecule has 1 amide bonds. The van der Waals surface area contributed by atoms with Gasteiger partial charge in [0.15, 0.2) is 5.69 Å². The van der Waals surface area contributed by atoms with Crippen LogP contribution >= 0.6 is 0 Å². The third-order valence-corrected chi connectivity index (χ3v) is 3.82. The Morgan fingerprint density at radius 3 is 2.60 bits per heavy atom. The molecule has 0 radical (unpaired) electrons. The van der Waals surface area contributed by atoms with E-state index < -0.39 is 11.5 Å². The SMILES string of the molecule is CC(C)(C)c1cc(C(=O)N2CCCC2(C)C(=O)O)no1. The number of carbonyl (C=O) groups is 2. The normalized spacial score (nSPS) is 23.1. The summed E-state index contributed by atoms with van der Waals surface area (Å²) in [6, 6.07) is 1.60. The lowest BCUT2D eigenvalue weighted by Crippen LogP contribution is -2.50. The molecule has 1 aliphatic rings. The first kappa shape index (κ1) is 14.6. The molecule has 110 valence electrons. The average molecular weight is 280 g/mol. The standard InChI is InChI=1S/C14H20N2O4/c1-13(2,3)10-8-9(15-20-10)11(17)16-7-5-6-14(16,4)12(18)19/h8H,5-7H2,1-4H3,(H,18,19). The Hall–Kier alpha value is -1.85. The van der Waals surface area contributed by atoms with E-state index in [1.54, 1.807) is 13.0 Å². The van der Waals surface area contributed by atoms with Crippen molar-refractivity contribution < 1.29 is 19.2 Å². The number of carboxylic acid groups (broad SMARTS) is 1. The minimum absolute atomic E-state index is 0.171. The predicted octanol–water partition coefficient (Wildman–Crippen LogP) is 2.05. The van der Waals surface area contributed by atoms with Crippen LogP contribution in [0.5, 0.6) is 0 Å². The monoisotopic (exact) mass is 280 g/mol. The fourth-order valence-corrected chi connectivity index (χ4v) is 2.38. The number of aliphatic carboxylic acids is 1. The van der Waals surface area contributed by atoms with Gasteiger partial charge in [-0.2, -0.15) is 0 Å². The molecule has 20 heavy (non-hydrogen) atoms. The number of likely N-dealkylation sites (tertiary alicyclic amines) is 1. The van der Waals surface area contributed by atoms with Gasteiger partial charge < -0.3 is 14.5 Å². The molecule has 1 fully saturated rings. The largest absolute Gasteiger partial charge is 0.480 e. The number of aromatic nitrogens is 1. The molecule has 1 aliphatic heterocycles. The highest BCUT2D eigenvalue weighted by atomic mass is 16.5. The van der Waals surface area contributed by atoms with Crippen molar-refractivity contribution in [2.24, 2.45) is 0 Å². The first-order valence-electron chi connectivity index (χ1n) is 6.69. The molecule has 2 rings (SSSR count). The fourth-order valence-electron chi connectivity index (χ4n) is 2.38. The molecular formula is C14H20N2O4. The summed E-state index contributed by atoms with van der Waals surface area (Å²) in [7, 11) is 0. The second-order valence-electron chi connectivity index (χ2n) is 6.47. The number of carboxylic acids is 1. The van der Waals surface area contributed by atoms with Crippen LogP contribution in [0, 0.1) is 0 Å². The van der Waals surface area contributed by atoms with Crippen LogP contribution in [0.25, 0.3) is 0 Å². The Balaban J connectivity index is 2.28. The Kier molecular flexibility index (Phi) is 3.36. The van der Waals surface area contributed by atoms with Gasteiger partial charge in [-0.05, 0) is 19.8 Å². The van der Waals surface area contributed by atoms with Crippen LogP contribution in [0.4, 0.5) is 0 Å². The van der Waals surface area contributed by atoms with Crippen LogP contribution in [0.2, 0.25) is 0 Å². The Bertz CT molecular complexity index is 544. The predicted molar refractivity (Wildman–Crippen MR) is 71.5 cm³/mol. The lowest BCUT2D eigenvalue weighted by atomic mass is 9.93. The molecule has 2 heterocycles. The minimum atomic E-state index is -1.15. The molecule has 1 aromatic rings. The highest BCUT2D eigenvalue weighted by molar-refractivity contribution is 5.96. The van der Waals surface area contributed by atoms with E-state index in [-0.39, 0.29) is 17.0 Å². The summed E-state index contributed by atoms with van der Waals surface area (Å²) in [5.74, 6) is -0.758. The van der Waals surface area contributed by atoms with Crippen molar-refractivity contribution in [2.45, 2.75) is 51.5 Å². The lowest BCUT2D eigenvalue weighted by molar-refractivity contribution is -0.147. The van der Waals surface area contributed by atoms with Gasteiger partial charge >= 0.3 is 5.97 Å². The van der Waals surface area contributed by atoms with Crippen molar-refractivity contribution in [3.8, 4) is 0 Å². The van der Waals surface area contributed by atoms with Crippen molar-refractivity contribution in [1.29, 1.82) is 0 Å². The maximum absolute atomic E-state index is 12.4. The van der Waals surface area contributed by atoms with Crippen LogP contribution in [0.1, 0.15) is 56.8 Å². The zero-order chi connectivity index (χ0) is 15.1. The van der Waals surface area contributed by atoms with Gasteiger partial charge in [-0.1, -0.05) is 25.9 Å². The topological polar surface area (TPSA) is 83.6 Å². The minimum Gasteiger partial charge on any atom is -0.480 e. The number of nitrogens with zero attached hydrogens (tertiary/aromatic N) is 2. The summed E-state index contributed by atoms with van der Waals surface area (Å²) in [6.45, 7) is 7.88. The van der Waals surface area contributed by atoms with Gasteiger partial charge in [-0.3, -0.25) is 4.79 Å². The lowest BCUT2D eigenvalue weighted by Gasteiger charge is -2.30. The zero-order valence-electron chi connectivity index (χ0n) is 12.3. The van der Waals surface area contributed by atoms with Gasteiger partial charge in [0.25, 0.3) is 5.91 Å². The molecule has 0 aliphatic carbocycles. The third-order valence-electron chi connectivity index (χ3n) is 3.82. The maximum atomic E-state index is 12.4. The zero-order valence-corrected chi connectivity index (χ0v) is 12.3. The Labute approximate surface area is 117 Å². The summed E-state index contributed by atoms with van der Waals surface area (Å²) in [5, 5.41) is 13.1. The molecule has 0 bridgehead atoms. The molecule has 1 atom stereocenters. The van der Waals surface area contributed by atoms with Gasteiger partial charge in [0.1, 0.15) is 11.3 Å². The van der Waals surface area contributed by atoms with Gasteiger partial charge in [0.05, 0.1) is 0 Å².